The lowest BCUT2D eigenvalue weighted by molar-refractivity contribution is 0.406. The van der Waals surface area contributed by atoms with Crippen LogP contribution in [0.2, 0.25) is 5.02 Å². The van der Waals surface area contributed by atoms with Gasteiger partial charge in [0.1, 0.15) is 5.75 Å². The standard InChI is InChI=1S/C16H14Br3ClO/c1-8-6-11(17)9(2)14(16(8)21-3)15(19)10-4-5-13(20)12(18)7-10/h4-7,15H,1-3H3. The molecule has 0 aromatic heterocycles. The van der Waals surface area contributed by atoms with Crippen LogP contribution in [0.5, 0.6) is 5.75 Å². The largest absolute Gasteiger partial charge is 0.496 e. The predicted molar refractivity (Wildman–Crippen MR) is 100 cm³/mol. The van der Waals surface area contributed by atoms with Crippen LogP contribution in [0, 0.1) is 13.8 Å². The fourth-order valence-corrected chi connectivity index (χ4v) is 4.20. The van der Waals surface area contributed by atoms with Gasteiger partial charge in [-0.3, -0.25) is 0 Å². The van der Waals surface area contributed by atoms with Gasteiger partial charge in [-0.2, -0.15) is 0 Å². The third kappa shape index (κ3) is 3.49. The molecule has 0 saturated carbocycles. The number of rotatable bonds is 3. The van der Waals surface area contributed by atoms with E-state index in [4.69, 9.17) is 16.3 Å². The molecule has 1 unspecified atom stereocenters. The van der Waals surface area contributed by atoms with Gasteiger partial charge >= 0.3 is 0 Å². The van der Waals surface area contributed by atoms with Gasteiger partial charge in [0.05, 0.1) is 17.0 Å². The molecule has 1 atom stereocenters. The second-order valence-corrected chi connectivity index (χ2v) is 7.81. The number of benzene rings is 2. The quantitative estimate of drug-likeness (QED) is 0.416. The first-order valence-corrected chi connectivity index (χ1v) is 9.17. The van der Waals surface area contributed by atoms with Crippen molar-refractivity contribution in [2.75, 3.05) is 7.11 Å². The second-order valence-electron chi connectivity index (χ2n) is 4.78. The van der Waals surface area contributed by atoms with Crippen LogP contribution in [0.1, 0.15) is 27.1 Å². The summed E-state index contributed by atoms with van der Waals surface area (Å²) in [4.78, 5) is 0.0252. The maximum atomic E-state index is 6.08. The highest BCUT2D eigenvalue weighted by molar-refractivity contribution is 9.11. The maximum absolute atomic E-state index is 6.08. The van der Waals surface area contributed by atoms with Crippen molar-refractivity contribution in [2.24, 2.45) is 0 Å². The Morgan fingerprint density at radius 3 is 2.33 bits per heavy atom. The molecule has 0 aliphatic heterocycles. The number of hydrogen-bond donors (Lipinski definition) is 0. The summed E-state index contributed by atoms with van der Waals surface area (Å²) in [6, 6.07) is 8.01. The summed E-state index contributed by atoms with van der Waals surface area (Å²) in [6.45, 7) is 4.13. The minimum Gasteiger partial charge on any atom is -0.496 e. The summed E-state index contributed by atoms with van der Waals surface area (Å²) >= 11 is 17.0. The molecule has 1 nitrogen and oxygen atoms in total. The van der Waals surface area contributed by atoms with Crippen LogP contribution in [0.25, 0.3) is 0 Å². The molecule has 0 bridgehead atoms. The Hall–Kier alpha value is -0.0300. The molecule has 2 rings (SSSR count). The summed E-state index contributed by atoms with van der Waals surface area (Å²) in [7, 11) is 1.71. The second kappa shape index (κ2) is 7.03. The Balaban J connectivity index is 2.62. The summed E-state index contributed by atoms with van der Waals surface area (Å²) in [5, 5.41) is 0.701. The highest BCUT2D eigenvalue weighted by Crippen LogP contribution is 2.43. The lowest BCUT2D eigenvalue weighted by Gasteiger charge is -2.21. The summed E-state index contributed by atoms with van der Waals surface area (Å²) < 4.78 is 7.58. The number of alkyl halides is 1. The zero-order valence-corrected chi connectivity index (χ0v) is 17.3. The van der Waals surface area contributed by atoms with Crippen LogP contribution in [0.3, 0.4) is 0 Å². The van der Waals surface area contributed by atoms with Gasteiger partial charge in [0.25, 0.3) is 0 Å². The van der Waals surface area contributed by atoms with Crippen LogP contribution < -0.4 is 4.74 Å². The third-order valence-electron chi connectivity index (χ3n) is 3.40. The first-order valence-electron chi connectivity index (χ1n) is 6.29. The maximum Gasteiger partial charge on any atom is 0.126 e. The molecule has 21 heavy (non-hydrogen) atoms. The van der Waals surface area contributed by atoms with E-state index >= 15 is 0 Å². The van der Waals surface area contributed by atoms with Crippen molar-refractivity contribution in [1.29, 1.82) is 0 Å². The fourth-order valence-electron chi connectivity index (χ4n) is 2.29. The summed E-state index contributed by atoms with van der Waals surface area (Å²) in [5.41, 5.74) is 4.50. The van der Waals surface area contributed by atoms with E-state index in [9.17, 15) is 0 Å². The van der Waals surface area contributed by atoms with Gasteiger partial charge in [-0.05, 0) is 64.7 Å². The first kappa shape index (κ1) is 17.3. The molecule has 2 aromatic rings. The molecule has 0 amide bonds. The molecule has 0 N–H and O–H groups in total. The van der Waals surface area contributed by atoms with E-state index < -0.39 is 0 Å². The van der Waals surface area contributed by atoms with Gasteiger partial charge in [-0.1, -0.05) is 49.5 Å². The van der Waals surface area contributed by atoms with E-state index in [1.165, 1.54) is 0 Å². The molecule has 0 aliphatic carbocycles. The average molecular weight is 497 g/mol. The number of methoxy groups -OCH3 is 1. The zero-order valence-electron chi connectivity index (χ0n) is 11.8. The van der Waals surface area contributed by atoms with Crippen LogP contribution in [-0.2, 0) is 0 Å². The summed E-state index contributed by atoms with van der Waals surface area (Å²) in [5.74, 6) is 0.906. The Labute approximate surface area is 155 Å². The molecule has 0 radical (unpaired) electrons. The minimum atomic E-state index is 0.0252. The molecule has 2 aromatic carbocycles. The van der Waals surface area contributed by atoms with Crippen molar-refractivity contribution in [3.63, 3.8) is 0 Å². The molecule has 0 saturated heterocycles. The zero-order chi connectivity index (χ0) is 15.7. The number of halogens is 4. The van der Waals surface area contributed by atoms with E-state index in [0.29, 0.717) is 5.02 Å². The Bertz CT molecular complexity index is 686. The molecule has 0 heterocycles. The van der Waals surface area contributed by atoms with E-state index in [1.807, 2.05) is 25.1 Å². The van der Waals surface area contributed by atoms with E-state index in [0.717, 1.165) is 36.9 Å². The predicted octanol–water partition coefficient (Wildman–Crippen LogP) is 6.97. The van der Waals surface area contributed by atoms with E-state index in [2.05, 4.69) is 60.8 Å². The van der Waals surface area contributed by atoms with Gasteiger partial charge in [-0.25, -0.2) is 0 Å². The van der Waals surface area contributed by atoms with Crippen molar-refractivity contribution >= 4 is 59.4 Å². The lowest BCUT2D eigenvalue weighted by Crippen LogP contribution is -2.03. The van der Waals surface area contributed by atoms with Gasteiger partial charge in [0.2, 0.25) is 0 Å². The fraction of sp³-hybridized carbons (Fsp3) is 0.250. The lowest BCUT2D eigenvalue weighted by atomic mass is 9.97. The van der Waals surface area contributed by atoms with Crippen molar-refractivity contribution in [3.8, 4) is 5.75 Å². The van der Waals surface area contributed by atoms with Gasteiger partial charge in [0.15, 0.2) is 0 Å². The number of aryl methyl sites for hydroxylation is 1. The first-order chi connectivity index (χ1) is 9.86. The van der Waals surface area contributed by atoms with Gasteiger partial charge in [0, 0.05) is 14.5 Å². The van der Waals surface area contributed by atoms with Crippen LogP contribution in [0.15, 0.2) is 33.2 Å². The topological polar surface area (TPSA) is 9.23 Å². The van der Waals surface area contributed by atoms with E-state index in [1.54, 1.807) is 7.11 Å². The van der Waals surface area contributed by atoms with Crippen molar-refractivity contribution < 1.29 is 4.74 Å². The molecular formula is C16H14Br3ClO. The molecule has 0 aliphatic rings. The number of hydrogen-bond acceptors (Lipinski definition) is 1. The van der Waals surface area contributed by atoms with Crippen molar-refractivity contribution in [3.05, 3.63) is 60.5 Å². The molecule has 5 heteroatoms. The van der Waals surface area contributed by atoms with Crippen molar-refractivity contribution in [1.82, 2.24) is 0 Å². The molecule has 0 fully saturated rings. The molecule has 112 valence electrons. The SMILES string of the molecule is COc1c(C)cc(Br)c(C)c1C(Br)c1ccc(Cl)c(Br)c1. The Morgan fingerprint density at radius 1 is 1.10 bits per heavy atom. The minimum absolute atomic E-state index is 0.0252. The van der Waals surface area contributed by atoms with Crippen LogP contribution in [-0.4, -0.2) is 7.11 Å². The third-order valence-corrected chi connectivity index (χ3v) is 6.43. The Kier molecular flexibility index (Phi) is 5.80. The van der Waals surface area contributed by atoms with E-state index in [-0.39, 0.29) is 4.83 Å². The number of ether oxygens (including phenoxy) is 1. The van der Waals surface area contributed by atoms with Crippen LogP contribution in [0.4, 0.5) is 0 Å². The van der Waals surface area contributed by atoms with Gasteiger partial charge in [-0.15, -0.1) is 0 Å². The Morgan fingerprint density at radius 2 is 1.76 bits per heavy atom. The monoisotopic (exact) mass is 494 g/mol. The molecular weight excluding hydrogens is 483 g/mol. The highest BCUT2D eigenvalue weighted by atomic mass is 79.9. The highest BCUT2D eigenvalue weighted by Gasteiger charge is 2.21. The van der Waals surface area contributed by atoms with Crippen molar-refractivity contribution in [2.45, 2.75) is 18.7 Å². The summed E-state index contributed by atoms with van der Waals surface area (Å²) in [6.07, 6.45) is 0. The normalized spacial score (nSPS) is 12.3. The van der Waals surface area contributed by atoms with Gasteiger partial charge < -0.3 is 4.74 Å². The molecule has 0 spiro atoms. The van der Waals surface area contributed by atoms with Crippen LogP contribution >= 0.6 is 59.4 Å². The average Bonchev–Trinajstić information content (AvgIpc) is 2.44. The smallest absolute Gasteiger partial charge is 0.126 e.